The number of hydrogen-bond donors (Lipinski definition) is 1. The number of nitrogens with one attached hydrogen (secondary N) is 1. The first-order chi connectivity index (χ1) is 15.3. The molecule has 8 heteroatoms. The smallest absolute Gasteiger partial charge is 0.416 e. The molecule has 0 atom stereocenters. The van der Waals surface area contributed by atoms with Gasteiger partial charge in [-0.3, -0.25) is 9.78 Å². The molecule has 5 nitrogen and oxygen atoms in total. The monoisotopic (exact) mass is 442 g/mol. The zero-order valence-corrected chi connectivity index (χ0v) is 17.2. The van der Waals surface area contributed by atoms with Crippen LogP contribution < -0.4 is 5.32 Å². The number of ether oxygens (including phenoxy) is 1. The zero-order valence-electron chi connectivity index (χ0n) is 17.2. The van der Waals surface area contributed by atoms with Gasteiger partial charge in [0.15, 0.2) is 6.61 Å². The highest BCUT2D eigenvalue weighted by Gasteiger charge is 2.30. The van der Waals surface area contributed by atoms with Crippen LogP contribution in [0.3, 0.4) is 0 Å². The van der Waals surface area contributed by atoms with Gasteiger partial charge in [-0.2, -0.15) is 13.2 Å². The van der Waals surface area contributed by atoms with Crippen molar-refractivity contribution in [3.63, 3.8) is 0 Å². The Bertz CT molecular complexity index is 1170. The number of pyridine rings is 1. The molecule has 0 aliphatic heterocycles. The largest absolute Gasteiger partial charge is 0.452 e. The van der Waals surface area contributed by atoms with Gasteiger partial charge in [-0.1, -0.05) is 30.7 Å². The second-order valence-electron chi connectivity index (χ2n) is 7.69. The number of aryl methyl sites for hydroxylation is 1. The van der Waals surface area contributed by atoms with Crippen LogP contribution in [0.15, 0.2) is 48.5 Å². The molecule has 0 spiro atoms. The van der Waals surface area contributed by atoms with E-state index < -0.39 is 30.2 Å². The van der Waals surface area contributed by atoms with E-state index >= 15 is 0 Å². The van der Waals surface area contributed by atoms with E-state index in [-0.39, 0.29) is 5.69 Å². The van der Waals surface area contributed by atoms with Crippen LogP contribution in [0.25, 0.3) is 10.9 Å². The molecular weight excluding hydrogens is 421 g/mol. The van der Waals surface area contributed by atoms with E-state index in [1.807, 2.05) is 18.2 Å². The number of aromatic nitrogens is 1. The zero-order chi connectivity index (χ0) is 22.7. The molecule has 32 heavy (non-hydrogen) atoms. The molecule has 0 unspecified atom stereocenters. The Balaban J connectivity index is 1.52. The number of para-hydroxylation sites is 1. The quantitative estimate of drug-likeness (QED) is 0.439. The summed E-state index contributed by atoms with van der Waals surface area (Å²) in [6.45, 7) is -0.611. The molecule has 1 aliphatic carbocycles. The van der Waals surface area contributed by atoms with Crippen molar-refractivity contribution in [1.29, 1.82) is 0 Å². The maximum atomic E-state index is 13.0. The van der Waals surface area contributed by atoms with Gasteiger partial charge in [-0.15, -0.1) is 0 Å². The van der Waals surface area contributed by atoms with E-state index in [1.54, 1.807) is 6.07 Å². The molecule has 1 aliphatic rings. The normalized spacial score (nSPS) is 13.8. The lowest BCUT2D eigenvalue weighted by molar-refractivity contribution is -0.137. The van der Waals surface area contributed by atoms with E-state index in [9.17, 15) is 22.8 Å². The number of carbonyl (C=O) groups is 2. The topological polar surface area (TPSA) is 68.3 Å². The van der Waals surface area contributed by atoms with E-state index in [4.69, 9.17) is 9.72 Å². The number of halogens is 3. The number of hydrogen-bond acceptors (Lipinski definition) is 4. The highest BCUT2D eigenvalue weighted by molar-refractivity contribution is 6.06. The van der Waals surface area contributed by atoms with Crippen LogP contribution in [0.1, 0.15) is 46.4 Å². The number of rotatable bonds is 4. The van der Waals surface area contributed by atoms with E-state index in [2.05, 4.69) is 5.32 Å². The summed E-state index contributed by atoms with van der Waals surface area (Å²) in [6.07, 6.45) is -0.0753. The third-order valence-electron chi connectivity index (χ3n) is 5.43. The molecule has 0 fully saturated rings. The molecule has 4 rings (SSSR count). The van der Waals surface area contributed by atoms with Gasteiger partial charge < -0.3 is 10.1 Å². The van der Waals surface area contributed by atoms with Crippen molar-refractivity contribution in [1.82, 2.24) is 4.98 Å². The fourth-order valence-corrected chi connectivity index (χ4v) is 3.96. The van der Waals surface area contributed by atoms with Crippen LogP contribution in [-0.2, 0) is 28.5 Å². The third kappa shape index (κ3) is 4.74. The Kier molecular flexibility index (Phi) is 6.12. The van der Waals surface area contributed by atoms with Gasteiger partial charge in [-0.25, -0.2) is 4.79 Å². The first kappa shape index (κ1) is 21.8. The van der Waals surface area contributed by atoms with Gasteiger partial charge in [0.2, 0.25) is 0 Å². The van der Waals surface area contributed by atoms with Crippen LogP contribution in [0.5, 0.6) is 0 Å². The van der Waals surface area contributed by atoms with Crippen LogP contribution in [0.4, 0.5) is 18.9 Å². The molecule has 0 saturated carbocycles. The van der Waals surface area contributed by atoms with Gasteiger partial charge >= 0.3 is 12.1 Å². The van der Waals surface area contributed by atoms with E-state index in [1.165, 1.54) is 12.1 Å². The average Bonchev–Trinajstić information content (AvgIpc) is 3.00. The summed E-state index contributed by atoms with van der Waals surface area (Å²) in [7, 11) is 0. The third-order valence-corrected chi connectivity index (χ3v) is 5.43. The lowest BCUT2D eigenvalue weighted by Crippen LogP contribution is -2.22. The summed E-state index contributed by atoms with van der Waals surface area (Å²) in [4.78, 5) is 30.0. The maximum Gasteiger partial charge on any atom is 0.416 e. The van der Waals surface area contributed by atoms with Crippen molar-refractivity contribution in [2.45, 2.75) is 38.3 Å². The van der Waals surface area contributed by atoms with Crippen LogP contribution in [0, 0.1) is 0 Å². The number of carbonyl (C=O) groups excluding carboxylic acids is 2. The van der Waals surface area contributed by atoms with Gasteiger partial charge in [0.25, 0.3) is 5.91 Å². The number of alkyl halides is 3. The van der Waals surface area contributed by atoms with Crippen LogP contribution in [0.2, 0.25) is 0 Å². The number of nitrogens with zero attached hydrogens (tertiary/aromatic N) is 1. The molecule has 1 amide bonds. The van der Waals surface area contributed by atoms with Crippen molar-refractivity contribution in [3.8, 4) is 0 Å². The molecule has 0 bridgehead atoms. The highest BCUT2D eigenvalue weighted by atomic mass is 19.4. The number of fused-ring (bicyclic) bond motifs is 2. The number of benzene rings is 2. The molecular formula is C24H21F3N2O3. The minimum Gasteiger partial charge on any atom is -0.452 e. The van der Waals surface area contributed by atoms with Crippen LogP contribution in [-0.4, -0.2) is 23.5 Å². The number of anilines is 1. The molecule has 2 aromatic carbocycles. The average molecular weight is 442 g/mol. The predicted molar refractivity (Wildman–Crippen MR) is 113 cm³/mol. The molecule has 166 valence electrons. The Morgan fingerprint density at radius 1 is 1.00 bits per heavy atom. The second-order valence-corrected chi connectivity index (χ2v) is 7.69. The summed E-state index contributed by atoms with van der Waals surface area (Å²) in [5.74, 6) is -1.36. The number of amides is 1. The summed E-state index contributed by atoms with van der Waals surface area (Å²) in [5, 5.41) is 3.01. The molecule has 3 aromatic rings. The lowest BCUT2D eigenvalue weighted by atomic mass is 9.97. The standard InChI is InChI=1S/C24H21F3N2O3/c25-24(26,27)15-7-6-8-16(13-15)28-21(30)14-32-23(31)22-17-9-2-1-3-11-19(17)29-20-12-5-4-10-18(20)22/h4-8,10,12-13H,1-3,9,11,14H2,(H,28,30). The fourth-order valence-electron chi connectivity index (χ4n) is 3.96. The minimum atomic E-state index is -4.52. The van der Waals surface area contributed by atoms with Gasteiger partial charge in [0, 0.05) is 16.8 Å². The van der Waals surface area contributed by atoms with Gasteiger partial charge in [0.05, 0.1) is 16.6 Å². The fraction of sp³-hybridized carbons (Fsp3) is 0.292. The second kappa shape index (κ2) is 8.98. The van der Waals surface area contributed by atoms with Crippen molar-refractivity contribution < 1.29 is 27.5 Å². The summed E-state index contributed by atoms with van der Waals surface area (Å²) in [6, 6.07) is 11.6. The Hall–Kier alpha value is -3.42. The Labute approximate surface area is 182 Å². The first-order valence-corrected chi connectivity index (χ1v) is 10.4. The van der Waals surface area contributed by atoms with Gasteiger partial charge in [-0.05, 0) is 55.5 Å². The molecule has 1 heterocycles. The van der Waals surface area contributed by atoms with Crippen LogP contribution >= 0.6 is 0 Å². The minimum absolute atomic E-state index is 0.0240. The van der Waals surface area contributed by atoms with E-state index in [0.717, 1.165) is 49.1 Å². The molecule has 0 radical (unpaired) electrons. The van der Waals surface area contributed by atoms with Gasteiger partial charge in [0.1, 0.15) is 0 Å². The molecule has 1 N–H and O–H groups in total. The van der Waals surface area contributed by atoms with Crippen molar-refractivity contribution >= 4 is 28.5 Å². The van der Waals surface area contributed by atoms with Crippen molar-refractivity contribution in [2.75, 3.05) is 11.9 Å². The summed E-state index contributed by atoms with van der Waals surface area (Å²) >= 11 is 0. The summed E-state index contributed by atoms with van der Waals surface area (Å²) in [5.41, 5.74) is 1.93. The SMILES string of the molecule is O=C(COC(=O)c1c2c(nc3ccccc13)CCCCC2)Nc1cccc(C(F)(F)F)c1. The lowest BCUT2D eigenvalue weighted by Gasteiger charge is -2.15. The maximum absolute atomic E-state index is 13.0. The van der Waals surface area contributed by atoms with Crippen molar-refractivity contribution in [3.05, 3.63) is 70.9 Å². The predicted octanol–water partition coefficient (Wildman–Crippen LogP) is 5.32. The summed E-state index contributed by atoms with van der Waals surface area (Å²) < 4.78 is 43.8. The Morgan fingerprint density at radius 2 is 1.78 bits per heavy atom. The Morgan fingerprint density at radius 3 is 2.59 bits per heavy atom. The van der Waals surface area contributed by atoms with Crippen molar-refractivity contribution in [2.24, 2.45) is 0 Å². The highest BCUT2D eigenvalue weighted by Crippen LogP contribution is 2.31. The first-order valence-electron chi connectivity index (χ1n) is 10.4. The molecule has 0 saturated heterocycles. The van der Waals surface area contributed by atoms with E-state index in [0.29, 0.717) is 22.9 Å². The number of esters is 1. The molecule has 1 aromatic heterocycles.